The van der Waals surface area contributed by atoms with Gasteiger partial charge in [-0.1, -0.05) is 26.0 Å². The van der Waals surface area contributed by atoms with Gasteiger partial charge in [0, 0.05) is 5.97 Å². The molecule has 0 spiro atoms. The minimum absolute atomic E-state index is 0.0638. The van der Waals surface area contributed by atoms with E-state index in [4.69, 9.17) is 5.11 Å². The van der Waals surface area contributed by atoms with Crippen LogP contribution in [-0.2, 0) is 4.79 Å². The van der Waals surface area contributed by atoms with Gasteiger partial charge in [-0.3, -0.25) is 0 Å². The molecule has 13 heavy (non-hydrogen) atoms. The molecule has 0 aromatic rings. The Bertz CT molecular complexity index is 185. The average Bonchev–Trinajstić information content (AvgIpc) is 2.03. The Morgan fingerprint density at radius 2 is 2.00 bits per heavy atom. The van der Waals surface area contributed by atoms with Crippen LogP contribution in [0.4, 0.5) is 0 Å². The van der Waals surface area contributed by atoms with Crippen LogP contribution in [0.25, 0.3) is 0 Å². The highest BCUT2D eigenvalue weighted by molar-refractivity contribution is 5.67. The van der Waals surface area contributed by atoms with Gasteiger partial charge in [0.2, 0.25) is 0 Å². The van der Waals surface area contributed by atoms with E-state index >= 15 is 0 Å². The summed E-state index contributed by atoms with van der Waals surface area (Å²) in [5.41, 5.74) is 0. The van der Waals surface area contributed by atoms with Crippen LogP contribution in [0, 0.1) is 11.8 Å². The summed E-state index contributed by atoms with van der Waals surface area (Å²) in [4.78, 5) is 10.3. The minimum atomic E-state index is -1.03. The maximum Gasteiger partial charge on any atom is 0.0572 e. The minimum Gasteiger partial charge on any atom is -0.550 e. The monoisotopic (exact) mass is 185 g/mol. The lowest BCUT2D eigenvalue weighted by Crippen LogP contribution is -2.29. The van der Waals surface area contributed by atoms with Gasteiger partial charge < -0.3 is 15.0 Å². The topological polar surface area (TPSA) is 60.4 Å². The van der Waals surface area contributed by atoms with E-state index in [1.165, 1.54) is 0 Å². The number of aliphatic carboxylic acids is 1. The molecular weight excluding hydrogens is 168 g/mol. The van der Waals surface area contributed by atoms with Gasteiger partial charge in [-0.25, -0.2) is 0 Å². The van der Waals surface area contributed by atoms with Crippen LogP contribution in [0.1, 0.15) is 27.2 Å². The highest BCUT2D eigenvalue weighted by atomic mass is 16.4. The SMILES string of the molecule is C[C@H](O)[C@H](C)/C=C/C[C@H](C)C(=O)[O-]. The predicted molar refractivity (Wildman–Crippen MR) is 48.8 cm³/mol. The van der Waals surface area contributed by atoms with Crippen molar-refractivity contribution in [1.82, 2.24) is 0 Å². The smallest absolute Gasteiger partial charge is 0.0572 e. The predicted octanol–water partition coefficient (Wildman–Crippen LogP) is 0.336. The van der Waals surface area contributed by atoms with E-state index in [1.54, 1.807) is 19.9 Å². The second kappa shape index (κ2) is 5.75. The van der Waals surface area contributed by atoms with Crippen LogP contribution in [0.5, 0.6) is 0 Å². The Hall–Kier alpha value is -0.830. The van der Waals surface area contributed by atoms with Crippen molar-refractivity contribution in [2.24, 2.45) is 11.8 Å². The molecule has 0 aliphatic carbocycles. The summed E-state index contributed by atoms with van der Waals surface area (Å²) in [5, 5.41) is 19.4. The van der Waals surface area contributed by atoms with Gasteiger partial charge in [0.05, 0.1) is 6.10 Å². The molecule has 0 rings (SSSR count). The molecule has 0 aliphatic rings. The molecule has 0 saturated heterocycles. The molecule has 1 N–H and O–H groups in total. The fraction of sp³-hybridized carbons (Fsp3) is 0.700. The van der Waals surface area contributed by atoms with Crippen molar-refractivity contribution in [3.63, 3.8) is 0 Å². The zero-order valence-corrected chi connectivity index (χ0v) is 8.36. The number of rotatable bonds is 5. The first-order chi connectivity index (χ1) is 5.95. The Balaban J connectivity index is 3.81. The number of carbonyl (C=O) groups excluding carboxylic acids is 1. The highest BCUT2D eigenvalue weighted by Gasteiger charge is 2.04. The van der Waals surface area contributed by atoms with Crippen molar-refractivity contribution in [3.8, 4) is 0 Å². The zero-order valence-electron chi connectivity index (χ0n) is 8.36. The Morgan fingerprint density at radius 1 is 1.46 bits per heavy atom. The molecule has 0 heterocycles. The van der Waals surface area contributed by atoms with Crippen LogP contribution < -0.4 is 5.11 Å². The molecule has 3 nitrogen and oxygen atoms in total. The Labute approximate surface area is 79.1 Å². The molecule has 0 bridgehead atoms. The third-order valence-corrected chi connectivity index (χ3v) is 2.09. The highest BCUT2D eigenvalue weighted by Crippen LogP contribution is 2.07. The average molecular weight is 185 g/mol. The van der Waals surface area contributed by atoms with Gasteiger partial charge in [-0.15, -0.1) is 0 Å². The summed E-state index contributed by atoms with van der Waals surface area (Å²) < 4.78 is 0. The first-order valence-corrected chi connectivity index (χ1v) is 4.50. The van der Waals surface area contributed by atoms with Crippen LogP contribution in [0.15, 0.2) is 12.2 Å². The molecule has 0 amide bonds. The van der Waals surface area contributed by atoms with Crippen molar-refractivity contribution < 1.29 is 15.0 Å². The lowest BCUT2D eigenvalue weighted by molar-refractivity contribution is -0.310. The second-order valence-electron chi connectivity index (χ2n) is 3.48. The first kappa shape index (κ1) is 12.2. The maximum absolute atomic E-state index is 10.3. The second-order valence-corrected chi connectivity index (χ2v) is 3.48. The molecule has 0 aromatic heterocycles. The summed E-state index contributed by atoms with van der Waals surface area (Å²) >= 11 is 0. The Kier molecular flexibility index (Phi) is 5.39. The van der Waals surface area contributed by atoms with Gasteiger partial charge >= 0.3 is 0 Å². The van der Waals surface area contributed by atoms with Crippen LogP contribution in [-0.4, -0.2) is 17.2 Å². The maximum atomic E-state index is 10.3. The molecular formula is C10H17O3-. The Morgan fingerprint density at radius 3 is 2.38 bits per heavy atom. The summed E-state index contributed by atoms with van der Waals surface area (Å²) in [6.45, 7) is 5.19. The molecule has 0 saturated carbocycles. The van der Waals surface area contributed by atoms with Crippen LogP contribution >= 0.6 is 0 Å². The van der Waals surface area contributed by atoms with E-state index in [2.05, 4.69) is 0 Å². The third-order valence-electron chi connectivity index (χ3n) is 2.09. The van der Waals surface area contributed by atoms with E-state index in [0.29, 0.717) is 6.42 Å². The fourth-order valence-electron chi connectivity index (χ4n) is 0.754. The lowest BCUT2D eigenvalue weighted by Gasteiger charge is -2.11. The standard InChI is InChI=1S/C10H18O3/c1-7(9(3)11)5-4-6-8(2)10(12)13/h4-5,7-9,11H,6H2,1-3H3,(H,12,13)/p-1/b5-4+/t7-,8+,9+/m1/s1. The number of aliphatic hydroxyl groups excluding tert-OH is 1. The summed E-state index contributed by atoms with van der Waals surface area (Å²) in [7, 11) is 0. The van der Waals surface area contributed by atoms with E-state index in [0.717, 1.165) is 0 Å². The zero-order chi connectivity index (χ0) is 10.4. The van der Waals surface area contributed by atoms with Crippen LogP contribution in [0.2, 0.25) is 0 Å². The van der Waals surface area contributed by atoms with Crippen molar-refractivity contribution in [2.75, 3.05) is 0 Å². The summed E-state index contributed by atoms with van der Waals surface area (Å²) in [5.74, 6) is -1.43. The number of carbonyl (C=O) groups is 1. The third kappa shape index (κ3) is 5.42. The molecule has 0 aromatic carbocycles. The van der Waals surface area contributed by atoms with Gasteiger partial charge in [0.1, 0.15) is 0 Å². The number of aliphatic hydroxyl groups is 1. The summed E-state index contributed by atoms with van der Waals surface area (Å²) in [6, 6.07) is 0. The molecule has 0 aliphatic heterocycles. The molecule has 76 valence electrons. The molecule has 3 atom stereocenters. The van der Waals surface area contributed by atoms with Gasteiger partial charge in [0.25, 0.3) is 0 Å². The molecule has 0 fully saturated rings. The number of hydrogen-bond donors (Lipinski definition) is 1. The largest absolute Gasteiger partial charge is 0.550 e. The first-order valence-electron chi connectivity index (χ1n) is 4.50. The lowest BCUT2D eigenvalue weighted by atomic mass is 10.0. The van der Waals surface area contributed by atoms with Crippen molar-refractivity contribution in [3.05, 3.63) is 12.2 Å². The quantitative estimate of drug-likeness (QED) is 0.628. The fourth-order valence-corrected chi connectivity index (χ4v) is 0.754. The molecule has 0 radical (unpaired) electrons. The van der Waals surface area contributed by atoms with E-state index in [9.17, 15) is 9.90 Å². The van der Waals surface area contributed by atoms with Crippen molar-refractivity contribution >= 4 is 5.97 Å². The van der Waals surface area contributed by atoms with E-state index in [-0.39, 0.29) is 5.92 Å². The van der Waals surface area contributed by atoms with E-state index < -0.39 is 18.0 Å². The number of carboxylic acid groups (broad SMARTS) is 1. The van der Waals surface area contributed by atoms with Crippen molar-refractivity contribution in [2.45, 2.75) is 33.3 Å². The van der Waals surface area contributed by atoms with Crippen LogP contribution in [0.3, 0.4) is 0 Å². The molecule has 3 heteroatoms. The van der Waals surface area contributed by atoms with Gasteiger partial charge in [-0.2, -0.15) is 0 Å². The number of hydrogen-bond acceptors (Lipinski definition) is 3. The number of allylic oxidation sites excluding steroid dienone is 1. The summed E-state index contributed by atoms with van der Waals surface area (Å²) in [6.07, 6.45) is 3.66. The number of carboxylic acids is 1. The van der Waals surface area contributed by atoms with E-state index in [1.807, 2.05) is 13.0 Å². The normalized spacial score (nSPS) is 18.5. The van der Waals surface area contributed by atoms with Gasteiger partial charge in [-0.05, 0) is 25.2 Å². The van der Waals surface area contributed by atoms with Gasteiger partial charge in [0.15, 0.2) is 0 Å². The molecule has 0 unspecified atom stereocenters. The van der Waals surface area contributed by atoms with Crippen molar-refractivity contribution in [1.29, 1.82) is 0 Å².